The molecule has 17 heavy (non-hydrogen) atoms. The molecule has 0 bridgehead atoms. The van der Waals surface area contributed by atoms with Crippen molar-refractivity contribution in [1.82, 2.24) is 4.90 Å². The van der Waals surface area contributed by atoms with Gasteiger partial charge in [-0.1, -0.05) is 50.4 Å². The van der Waals surface area contributed by atoms with Crippen LogP contribution in [0.4, 0.5) is 0 Å². The van der Waals surface area contributed by atoms with Crippen molar-refractivity contribution in [3.63, 3.8) is 0 Å². The average molecular weight is 361 g/mol. The first-order valence-electron chi connectivity index (χ1n) is 6.34. The highest BCUT2D eigenvalue weighted by atomic mass is 79.9. The number of alkyl halides is 1. The normalized spacial score (nSPS) is 16.2. The summed E-state index contributed by atoms with van der Waals surface area (Å²) in [7, 11) is 0. The van der Waals surface area contributed by atoms with Crippen molar-refractivity contribution in [3.05, 3.63) is 34.3 Å². The molecule has 1 fully saturated rings. The Morgan fingerprint density at radius 1 is 1.29 bits per heavy atom. The van der Waals surface area contributed by atoms with Crippen LogP contribution in [0.5, 0.6) is 0 Å². The maximum atomic E-state index is 3.55. The van der Waals surface area contributed by atoms with Crippen LogP contribution in [0.15, 0.2) is 28.7 Å². The molecule has 0 amide bonds. The van der Waals surface area contributed by atoms with Gasteiger partial charge in [0.1, 0.15) is 0 Å². The van der Waals surface area contributed by atoms with Crippen molar-refractivity contribution in [1.29, 1.82) is 0 Å². The highest BCUT2D eigenvalue weighted by Crippen LogP contribution is 2.27. The Labute approximate surface area is 121 Å². The summed E-state index contributed by atoms with van der Waals surface area (Å²) in [6, 6.07) is 9.51. The molecule has 1 nitrogen and oxygen atoms in total. The Hall–Kier alpha value is 0.140. The van der Waals surface area contributed by atoms with Gasteiger partial charge in [-0.15, -0.1) is 0 Å². The van der Waals surface area contributed by atoms with E-state index in [1.165, 1.54) is 42.3 Å². The van der Waals surface area contributed by atoms with Crippen LogP contribution in [0.2, 0.25) is 0 Å². The molecule has 1 saturated carbocycles. The fraction of sp³-hybridized carbons (Fsp3) is 0.571. The van der Waals surface area contributed by atoms with Crippen LogP contribution in [0, 0.1) is 0 Å². The summed E-state index contributed by atoms with van der Waals surface area (Å²) in [4.78, 5) is 2.65. The minimum Gasteiger partial charge on any atom is -0.296 e. The van der Waals surface area contributed by atoms with Gasteiger partial charge in [-0.3, -0.25) is 4.90 Å². The Morgan fingerprint density at radius 2 is 2.12 bits per heavy atom. The van der Waals surface area contributed by atoms with Crippen LogP contribution < -0.4 is 0 Å². The fourth-order valence-corrected chi connectivity index (χ4v) is 2.97. The van der Waals surface area contributed by atoms with Crippen molar-refractivity contribution in [2.75, 3.05) is 11.9 Å². The molecule has 1 aromatic rings. The number of nitrogens with zero attached hydrogens (tertiary/aromatic N) is 1. The van der Waals surface area contributed by atoms with Gasteiger partial charge >= 0.3 is 0 Å². The second-order valence-electron chi connectivity index (χ2n) is 4.73. The van der Waals surface area contributed by atoms with Crippen LogP contribution in [0.25, 0.3) is 0 Å². The van der Waals surface area contributed by atoms with Gasteiger partial charge in [0.2, 0.25) is 0 Å². The minimum atomic E-state index is 0.827. The molecular formula is C14H19Br2N. The van der Waals surface area contributed by atoms with Gasteiger partial charge in [0.05, 0.1) is 0 Å². The summed E-state index contributed by atoms with van der Waals surface area (Å²) in [5.41, 5.74) is 1.42. The van der Waals surface area contributed by atoms with Crippen molar-refractivity contribution < 1.29 is 0 Å². The van der Waals surface area contributed by atoms with E-state index in [-0.39, 0.29) is 0 Å². The van der Waals surface area contributed by atoms with Crippen molar-refractivity contribution in [2.24, 2.45) is 0 Å². The average Bonchev–Trinajstić information content (AvgIpc) is 2.23. The molecule has 2 rings (SSSR count). The first-order valence-corrected chi connectivity index (χ1v) is 8.25. The summed E-state index contributed by atoms with van der Waals surface area (Å²) < 4.78 is 1.18. The molecule has 0 spiro atoms. The number of hydrogen-bond donors (Lipinski definition) is 0. The summed E-state index contributed by atoms with van der Waals surface area (Å²) in [5.74, 6) is 0. The van der Waals surface area contributed by atoms with Gasteiger partial charge in [0.15, 0.2) is 0 Å². The van der Waals surface area contributed by atoms with E-state index in [1.54, 1.807) is 0 Å². The topological polar surface area (TPSA) is 3.24 Å². The highest BCUT2D eigenvalue weighted by molar-refractivity contribution is 9.10. The van der Waals surface area contributed by atoms with E-state index >= 15 is 0 Å². The molecule has 0 N–H and O–H groups in total. The summed E-state index contributed by atoms with van der Waals surface area (Å²) in [6.45, 7) is 2.31. The molecule has 3 heteroatoms. The first kappa shape index (κ1) is 13.6. The zero-order chi connectivity index (χ0) is 12.1. The second-order valence-corrected chi connectivity index (χ2v) is 6.44. The number of benzene rings is 1. The van der Waals surface area contributed by atoms with E-state index in [0.29, 0.717) is 0 Å². The molecule has 1 aromatic carbocycles. The van der Waals surface area contributed by atoms with E-state index < -0.39 is 0 Å². The predicted octanol–water partition coefficient (Wildman–Crippen LogP) is 4.59. The Bertz CT molecular complexity index is 350. The zero-order valence-electron chi connectivity index (χ0n) is 10.0. The number of hydrogen-bond acceptors (Lipinski definition) is 1. The van der Waals surface area contributed by atoms with Crippen LogP contribution in [-0.2, 0) is 6.54 Å². The fourth-order valence-electron chi connectivity index (χ4n) is 2.28. The van der Waals surface area contributed by atoms with Crippen LogP contribution in [0.3, 0.4) is 0 Å². The lowest BCUT2D eigenvalue weighted by Gasteiger charge is -2.37. The van der Waals surface area contributed by atoms with Gasteiger partial charge in [0, 0.05) is 22.4 Å². The number of rotatable bonds is 6. The summed E-state index contributed by atoms with van der Waals surface area (Å²) in [5, 5.41) is 1.11. The summed E-state index contributed by atoms with van der Waals surface area (Å²) in [6.07, 6.45) is 5.42. The van der Waals surface area contributed by atoms with Gasteiger partial charge < -0.3 is 0 Å². The SMILES string of the molecule is BrCCCN(Cc1cccc(Br)c1)C1CCC1. The van der Waals surface area contributed by atoms with Crippen molar-refractivity contribution in [3.8, 4) is 0 Å². The molecule has 1 aliphatic rings. The molecule has 0 heterocycles. The molecule has 1 aliphatic carbocycles. The van der Waals surface area contributed by atoms with E-state index in [2.05, 4.69) is 61.0 Å². The lowest BCUT2D eigenvalue weighted by molar-refractivity contribution is 0.120. The molecule has 0 aromatic heterocycles. The molecule has 0 saturated heterocycles. The van der Waals surface area contributed by atoms with Crippen LogP contribution in [0.1, 0.15) is 31.2 Å². The molecule has 0 unspecified atom stereocenters. The third-order valence-corrected chi connectivity index (χ3v) is 4.50. The molecule has 0 aliphatic heterocycles. The monoisotopic (exact) mass is 359 g/mol. The third-order valence-electron chi connectivity index (χ3n) is 3.44. The molecule has 0 atom stereocenters. The van der Waals surface area contributed by atoms with Gasteiger partial charge in [0.25, 0.3) is 0 Å². The van der Waals surface area contributed by atoms with Crippen molar-refractivity contribution in [2.45, 2.75) is 38.3 Å². The molecular weight excluding hydrogens is 342 g/mol. The molecule has 0 radical (unpaired) electrons. The maximum absolute atomic E-state index is 3.55. The smallest absolute Gasteiger partial charge is 0.0237 e. The van der Waals surface area contributed by atoms with Crippen molar-refractivity contribution >= 4 is 31.9 Å². The highest BCUT2D eigenvalue weighted by Gasteiger charge is 2.24. The van der Waals surface area contributed by atoms with Crippen LogP contribution >= 0.6 is 31.9 Å². The Balaban J connectivity index is 1.95. The Kier molecular flexibility index (Phi) is 5.51. The van der Waals surface area contributed by atoms with E-state index in [1.807, 2.05) is 0 Å². The van der Waals surface area contributed by atoms with Gasteiger partial charge in [-0.2, -0.15) is 0 Å². The lowest BCUT2D eigenvalue weighted by Crippen LogP contribution is -2.40. The second kappa shape index (κ2) is 6.91. The first-order chi connectivity index (χ1) is 8.29. The van der Waals surface area contributed by atoms with E-state index in [4.69, 9.17) is 0 Å². The quantitative estimate of drug-likeness (QED) is 0.670. The van der Waals surface area contributed by atoms with E-state index in [9.17, 15) is 0 Å². The largest absolute Gasteiger partial charge is 0.296 e. The van der Waals surface area contributed by atoms with E-state index in [0.717, 1.165) is 17.9 Å². The third kappa shape index (κ3) is 4.08. The van der Waals surface area contributed by atoms with Gasteiger partial charge in [-0.25, -0.2) is 0 Å². The summed E-state index contributed by atoms with van der Waals surface area (Å²) >= 11 is 7.08. The maximum Gasteiger partial charge on any atom is 0.0237 e. The molecule has 94 valence electrons. The predicted molar refractivity (Wildman–Crippen MR) is 80.6 cm³/mol. The standard InChI is InChI=1S/C14H19Br2N/c15-8-3-9-17(14-6-2-7-14)11-12-4-1-5-13(16)10-12/h1,4-5,10,14H,2-3,6-9,11H2. The minimum absolute atomic E-state index is 0.827. The number of halogens is 2. The zero-order valence-corrected chi connectivity index (χ0v) is 13.2. The Morgan fingerprint density at radius 3 is 2.71 bits per heavy atom. The van der Waals surface area contributed by atoms with Crippen LogP contribution in [-0.4, -0.2) is 22.8 Å². The lowest BCUT2D eigenvalue weighted by atomic mass is 9.91. The van der Waals surface area contributed by atoms with Gasteiger partial charge in [-0.05, 0) is 43.5 Å².